The lowest BCUT2D eigenvalue weighted by Crippen LogP contribution is -2.53. The van der Waals surface area contributed by atoms with Crippen LogP contribution in [0.5, 0.6) is 0 Å². The standard InChI is InChI=1S/C13H25NO4S/c1-10(2)9-19(15,16)12-8-13(17-6-7-18-13)5-4-11(12)14-3/h10-12,14H,4-9H2,1-3H3. The van der Waals surface area contributed by atoms with Crippen LogP contribution >= 0.6 is 0 Å². The molecule has 1 aliphatic carbocycles. The molecule has 2 fully saturated rings. The van der Waals surface area contributed by atoms with E-state index < -0.39 is 20.9 Å². The van der Waals surface area contributed by atoms with Gasteiger partial charge in [0, 0.05) is 18.9 Å². The van der Waals surface area contributed by atoms with Gasteiger partial charge in [0.2, 0.25) is 0 Å². The van der Waals surface area contributed by atoms with Crippen LogP contribution in [0.15, 0.2) is 0 Å². The molecule has 2 rings (SSSR count). The van der Waals surface area contributed by atoms with Gasteiger partial charge in [-0.2, -0.15) is 0 Å². The third-order valence-corrected chi connectivity index (χ3v) is 6.56. The van der Waals surface area contributed by atoms with Crippen molar-refractivity contribution in [2.24, 2.45) is 5.92 Å². The van der Waals surface area contributed by atoms with Gasteiger partial charge in [-0.3, -0.25) is 0 Å². The lowest BCUT2D eigenvalue weighted by atomic mass is 9.89. The highest BCUT2D eigenvalue weighted by atomic mass is 32.2. The Labute approximate surface area is 116 Å². The van der Waals surface area contributed by atoms with Gasteiger partial charge in [0.15, 0.2) is 15.6 Å². The van der Waals surface area contributed by atoms with Crippen LogP contribution in [-0.4, -0.2) is 51.5 Å². The van der Waals surface area contributed by atoms with Crippen molar-refractivity contribution < 1.29 is 17.9 Å². The summed E-state index contributed by atoms with van der Waals surface area (Å²) < 4.78 is 36.5. The minimum Gasteiger partial charge on any atom is -0.347 e. The molecule has 0 amide bonds. The number of sulfone groups is 1. The summed E-state index contributed by atoms with van der Waals surface area (Å²) in [4.78, 5) is 0. The molecule has 1 heterocycles. The summed E-state index contributed by atoms with van der Waals surface area (Å²) in [5.74, 6) is -0.278. The average molecular weight is 291 g/mol. The van der Waals surface area contributed by atoms with Crippen LogP contribution in [0.2, 0.25) is 0 Å². The van der Waals surface area contributed by atoms with Crippen LogP contribution < -0.4 is 5.32 Å². The van der Waals surface area contributed by atoms with E-state index in [0.29, 0.717) is 19.6 Å². The zero-order valence-electron chi connectivity index (χ0n) is 12.0. The molecule has 0 bridgehead atoms. The molecule has 0 aromatic heterocycles. The van der Waals surface area contributed by atoms with Crippen LogP contribution in [0, 0.1) is 5.92 Å². The van der Waals surface area contributed by atoms with E-state index in [1.54, 1.807) is 0 Å². The summed E-state index contributed by atoms with van der Waals surface area (Å²) in [5, 5.41) is 2.74. The number of hydrogen-bond acceptors (Lipinski definition) is 5. The van der Waals surface area contributed by atoms with Gasteiger partial charge in [-0.1, -0.05) is 13.8 Å². The summed E-state index contributed by atoms with van der Waals surface area (Å²) in [5.41, 5.74) is 0. The van der Waals surface area contributed by atoms with Gasteiger partial charge in [0.25, 0.3) is 0 Å². The Balaban J connectivity index is 2.18. The molecular formula is C13H25NO4S. The molecule has 2 aliphatic rings. The van der Waals surface area contributed by atoms with Crippen molar-refractivity contribution in [2.45, 2.75) is 50.2 Å². The molecule has 5 nitrogen and oxygen atoms in total. The molecule has 1 N–H and O–H groups in total. The normalized spacial score (nSPS) is 31.2. The SMILES string of the molecule is CNC1CCC2(CC1S(=O)(=O)CC(C)C)OCCO2. The average Bonchev–Trinajstić information content (AvgIpc) is 2.76. The minimum atomic E-state index is -3.13. The van der Waals surface area contributed by atoms with Crippen LogP contribution in [0.1, 0.15) is 33.1 Å². The van der Waals surface area contributed by atoms with E-state index in [-0.39, 0.29) is 17.7 Å². The number of ether oxygens (including phenoxy) is 2. The molecule has 1 aliphatic heterocycles. The van der Waals surface area contributed by atoms with Crippen molar-refractivity contribution >= 4 is 9.84 Å². The molecule has 19 heavy (non-hydrogen) atoms. The van der Waals surface area contributed by atoms with E-state index in [1.165, 1.54) is 0 Å². The molecule has 0 radical (unpaired) electrons. The van der Waals surface area contributed by atoms with Crippen LogP contribution in [0.3, 0.4) is 0 Å². The van der Waals surface area contributed by atoms with E-state index in [9.17, 15) is 8.42 Å². The summed E-state index contributed by atoms with van der Waals surface area (Å²) in [6.07, 6.45) is 2.00. The first-order valence-electron chi connectivity index (χ1n) is 7.05. The second-order valence-electron chi connectivity index (χ2n) is 6.01. The van der Waals surface area contributed by atoms with Crippen molar-refractivity contribution in [2.75, 3.05) is 26.0 Å². The van der Waals surface area contributed by atoms with E-state index in [4.69, 9.17) is 9.47 Å². The van der Waals surface area contributed by atoms with E-state index in [2.05, 4.69) is 5.32 Å². The van der Waals surface area contributed by atoms with Crippen molar-refractivity contribution in [1.82, 2.24) is 5.32 Å². The second-order valence-corrected chi connectivity index (χ2v) is 8.27. The monoisotopic (exact) mass is 291 g/mol. The largest absolute Gasteiger partial charge is 0.347 e. The Morgan fingerprint density at radius 1 is 1.32 bits per heavy atom. The van der Waals surface area contributed by atoms with Crippen LogP contribution in [0.4, 0.5) is 0 Å². The molecule has 0 aromatic rings. The molecule has 6 heteroatoms. The van der Waals surface area contributed by atoms with Gasteiger partial charge in [-0.05, 0) is 19.4 Å². The summed E-state index contributed by atoms with van der Waals surface area (Å²) >= 11 is 0. The molecule has 112 valence electrons. The van der Waals surface area contributed by atoms with Crippen molar-refractivity contribution in [3.05, 3.63) is 0 Å². The predicted molar refractivity (Wildman–Crippen MR) is 73.7 cm³/mol. The summed E-state index contributed by atoms with van der Waals surface area (Å²) in [7, 11) is -1.30. The lowest BCUT2D eigenvalue weighted by molar-refractivity contribution is -0.178. The molecule has 2 unspecified atom stereocenters. The maximum atomic E-state index is 12.6. The molecule has 1 saturated heterocycles. The second kappa shape index (κ2) is 5.68. The molecule has 2 atom stereocenters. The van der Waals surface area contributed by atoms with Gasteiger partial charge in [-0.15, -0.1) is 0 Å². The van der Waals surface area contributed by atoms with Gasteiger partial charge in [0.1, 0.15) is 0 Å². The Morgan fingerprint density at radius 2 is 1.95 bits per heavy atom. The Bertz CT molecular complexity index is 401. The molecule has 1 spiro atoms. The highest BCUT2D eigenvalue weighted by molar-refractivity contribution is 7.92. The quantitative estimate of drug-likeness (QED) is 0.835. The van der Waals surface area contributed by atoms with Crippen molar-refractivity contribution in [1.29, 1.82) is 0 Å². The van der Waals surface area contributed by atoms with Gasteiger partial charge < -0.3 is 14.8 Å². The fraction of sp³-hybridized carbons (Fsp3) is 1.00. The van der Waals surface area contributed by atoms with Crippen molar-refractivity contribution in [3.63, 3.8) is 0 Å². The number of nitrogens with one attached hydrogen (secondary N) is 1. The number of rotatable bonds is 4. The maximum Gasteiger partial charge on any atom is 0.169 e. The zero-order valence-corrected chi connectivity index (χ0v) is 12.8. The third-order valence-electron chi connectivity index (χ3n) is 4.01. The Hall–Kier alpha value is -0.170. The fourth-order valence-corrected chi connectivity index (χ4v) is 5.62. The van der Waals surface area contributed by atoms with Crippen LogP contribution in [0.25, 0.3) is 0 Å². The third kappa shape index (κ3) is 3.29. The van der Waals surface area contributed by atoms with Gasteiger partial charge in [-0.25, -0.2) is 8.42 Å². The van der Waals surface area contributed by atoms with Crippen LogP contribution in [-0.2, 0) is 19.3 Å². The molecule has 0 aromatic carbocycles. The zero-order chi connectivity index (χ0) is 14.1. The lowest BCUT2D eigenvalue weighted by Gasteiger charge is -2.40. The smallest absolute Gasteiger partial charge is 0.169 e. The highest BCUT2D eigenvalue weighted by Crippen LogP contribution is 2.38. The maximum absolute atomic E-state index is 12.6. The topological polar surface area (TPSA) is 64.6 Å². The van der Waals surface area contributed by atoms with E-state index >= 15 is 0 Å². The van der Waals surface area contributed by atoms with E-state index in [0.717, 1.165) is 12.8 Å². The Kier molecular flexibility index (Phi) is 4.55. The summed E-state index contributed by atoms with van der Waals surface area (Å²) in [6, 6.07) is 0.00201. The molecular weight excluding hydrogens is 266 g/mol. The van der Waals surface area contributed by atoms with Crippen molar-refractivity contribution in [3.8, 4) is 0 Å². The number of hydrogen-bond donors (Lipinski definition) is 1. The fourth-order valence-electron chi connectivity index (χ4n) is 3.17. The van der Waals surface area contributed by atoms with Gasteiger partial charge >= 0.3 is 0 Å². The van der Waals surface area contributed by atoms with E-state index in [1.807, 2.05) is 20.9 Å². The minimum absolute atomic E-state index is 0.00201. The summed E-state index contributed by atoms with van der Waals surface area (Å²) in [6.45, 7) is 5.02. The Morgan fingerprint density at radius 3 is 2.47 bits per heavy atom. The predicted octanol–water partition coefficient (Wildman–Crippen LogP) is 0.941. The molecule has 1 saturated carbocycles. The van der Waals surface area contributed by atoms with Gasteiger partial charge in [0.05, 0.1) is 24.2 Å². The first-order valence-corrected chi connectivity index (χ1v) is 8.77. The highest BCUT2D eigenvalue weighted by Gasteiger charge is 2.49. The first-order chi connectivity index (χ1) is 8.88. The first kappa shape index (κ1) is 15.2.